The Morgan fingerprint density at radius 2 is 1.85 bits per heavy atom. The molecule has 2 heterocycles. The van der Waals surface area contributed by atoms with Gasteiger partial charge in [0.2, 0.25) is 11.7 Å². The number of carbonyl (C=O) groups excluding carboxylic acids is 1. The molecule has 1 aromatic carbocycles. The molecule has 0 radical (unpaired) electrons. The van der Waals surface area contributed by atoms with Crippen LogP contribution in [0.1, 0.15) is 38.0 Å². The molecular formula is C20H26N4O3. The highest BCUT2D eigenvalue weighted by Crippen LogP contribution is 2.26. The van der Waals surface area contributed by atoms with Crippen LogP contribution in [0.2, 0.25) is 0 Å². The van der Waals surface area contributed by atoms with Gasteiger partial charge in [0, 0.05) is 24.7 Å². The highest BCUT2D eigenvalue weighted by Gasteiger charge is 2.31. The van der Waals surface area contributed by atoms with E-state index in [1.807, 2.05) is 40.1 Å². The number of morpholine rings is 1. The Morgan fingerprint density at radius 1 is 1.11 bits per heavy atom. The van der Waals surface area contributed by atoms with Crippen molar-refractivity contribution in [3.05, 3.63) is 36.2 Å². The van der Waals surface area contributed by atoms with E-state index < -0.39 is 0 Å². The molecule has 1 saturated heterocycles. The molecule has 2 aromatic rings. The predicted molar refractivity (Wildman–Crippen MR) is 99.9 cm³/mol. The van der Waals surface area contributed by atoms with Gasteiger partial charge in [-0.3, -0.25) is 0 Å². The van der Waals surface area contributed by atoms with Gasteiger partial charge in [-0.05, 0) is 12.8 Å². The zero-order chi connectivity index (χ0) is 18.5. The van der Waals surface area contributed by atoms with Crippen LogP contribution in [0, 0.1) is 0 Å². The van der Waals surface area contributed by atoms with Crippen LogP contribution in [0.15, 0.2) is 34.9 Å². The van der Waals surface area contributed by atoms with E-state index in [0.717, 1.165) is 31.2 Å². The molecule has 27 heavy (non-hydrogen) atoms. The van der Waals surface area contributed by atoms with Crippen LogP contribution >= 0.6 is 0 Å². The molecule has 0 N–H and O–H groups in total. The number of benzene rings is 1. The van der Waals surface area contributed by atoms with Crippen LogP contribution < -0.4 is 0 Å². The number of urea groups is 1. The minimum atomic E-state index is 0.0599. The predicted octanol–water partition coefficient (Wildman–Crippen LogP) is 3.32. The molecule has 0 unspecified atom stereocenters. The maximum atomic E-state index is 13.2. The Kier molecular flexibility index (Phi) is 5.67. The Labute approximate surface area is 159 Å². The average Bonchev–Trinajstić information content (AvgIpc) is 3.22. The second kappa shape index (κ2) is 8.52. The molecule has 0 bridgehead atoms. The molecule has 1 aliphatic carbocycles. The molecular weight excluding hydrogens is 344 g/mol. The van der Waals surface area contributed by atoms with Gasteiger partial charge in [0.25, 0.3) is 0 Å². The first-order valence-corrected chi connectivity index (χ1v) is 9.82. The van der Waals surface area contributed by atoms with Crippen molar-refractivity contribution in [2.75, 3.05) is 26.3 Å². The van der Waals surface area contributed by atoms with Crippen LogP contribution in [-0.4, -0.2) is 58.3 Å². The van der Waals surface area contributed by atoms with E-state index in [-0.39, 0.29) is 12.1 Å². The van der Waals surface area contributed by atoms with E-state index in [2.05, 4.69) is 10.1 Å². The van der Waals surface area contributed by atoms with Gasteiger partial charge in [0.05, 0.1) is 13.2 Å². The first-order valence-electron chi connectivity index (χ1n) is 9.82. The van der Waals surface area contributed by atoms with Crippen molar-refractivity contribution >= 4 is 6.03 Å². The second-order valence-corrected chi connectivity index (χ2v) is 7.18. The largest absolute Gasteiger partial charge is 0.378 e. The van der Waals surface area contributed by atoms with Gasteiger partial charge in [0.15, 0.2) is 0 Å². The number of amides is 2. The number of nitrogens with zero attached hydrogens (tertiary/aromatic N) is 4. The van der Waals surface area contributed by atoms with Crippen LogP contribution in [0.4, 0.5) is 4.79 Å². The number of carbonyl (C=O) groups is 1. The summed E-state index contributed by atoms with van der Waals surface area (Å²) in [6.45, 7) is 2.84. The SMILES string of the molecule is O=C(N1CCOCC1)N(Cc1nc(-c2ccccc2)no1)C1CCCCC1. The first kappa shape index (κ1) is 18.0. The Bertz CT molecular complexity index is 737. The van der Waals surface area contributed by atoms with Crippen molar-refractivity contribution in [2.24, 2.45) is 0 Å². The topological polar surface area (TPSA) is 71.7 Å². The van der Waals surface area contributed by atoms with E-state index in [4.69, 9.17) is 9.26 Å². The number of ether oxygens (including phenoxy) is 1. The molecule has 2 aliphatic rings. The molecule has 0 atom stereocenters. The Balaban J connectivity index is 1.52. The van der Waals surface area contributed by atoms with Crippen LogP contribution in [0.5, 0.6) is 0 Å². The second-order valence-electron chi connectivity index (χ2n) is 7.18. The van der Waals surface area contributed by atoms with Crippen LogP contribution in [0.25, 0.3) is 11.4 Å². The van der Waals surface area contributed by atoms with Crippen LogP contribution in [0.3, 0.4) is 0 Å². The van der Waals surface area contributed by atoms with Crippen molar-refractivity contribution in [2.45, 2.75) is 44.7 Å². The van der Waals surface area contributed by atoms with Gasteiger partial charge < -0.3 is 19.1 Å². The Morgan fingerprint density at radius 3 is 2.59 bits per heavy atom. The minimum absolute atomic E-state index is 0.0599. The van der Waals surface area contributed by atoms with Gasteiger partial charge in [-0.15, -0.1) is 0 Å². The minimum Gasteiger partial charge on any atom is -0.378 e. The maximum Gasteiger partial charge on any atom is 0.320 e. The highest BCUT2D eigenvalue weighted by atomic mass is 16.5. The molecule has 2 amide bonds. The summed E-state index contributed by atoms with van der Waals surface area (Å²) in [5, 5.41) is 4.10. The normalized spacial score (nSPS) is 18.4. The molecule has 144 valence electrons. The summed E-state index contributed by atoms with van der Waals surface area (Å²) in [6, 6.07) is 10.0. The maximum absolute atomic E-state index is 13.2. The van der Waals surface area contributed by atoms with E-state index in [1.165, 1.54) is 6.42 Å². The quantitative estimate of drug-likeness (QED) is 0.825. The van der Waals surface area contributed by atoms with E-state index in [1.54, 1.807) is 0 Å². The number of aromatic nitrogens is 2. The van der Waals surface area contributed by atoms with Crippen molar-refractivity contribution in [1.82, 2.24) is 19.9 Å². The third-order valence-electron chi connectivity index (χ3n) is 5.35. The van der Waals surface area contributed by atoms with Crippen molar-refractivity contribution < 1.29 is 14.1 Å². The molecule has 0 spiro atoms. The number of rotatable bonds is 4. The molecule has 1 aliphatic heterocycles. The summed E-state index contributed by atoms with van der Waals surface area (Å²) in [7, 11) is 0. The third kappa shape index (κ3) is 4.30. The summed E-state index contributed by atoms with van der Waals surface area (Å²) in [6.07, 6.45) is 5.65. The molecule has 1 aromatic heterocycles. The lowest BCUT2D eigenvalue weighted by atomic mass is 9.94. The average molecular weight is 370 g/mol. The lowest BCUT2D eigenvalue weighted by Gasteiger charge is -2.38. The molecule has 4 rings (SSSR count). The van der Waals surface area contributed by atoms with Crippen molar-refractivity contribution in [3.8, 4) is 11.4 Å². The van der Waals surface area contributed by atoms with E-state index >= 15 is 0 Å². The Hall–Kier alpha value is -2.41. The molecule has 1 saturated carbocycles. The highest BCUT2D eigenvalue weighted by molar-refractivity contribution is 5.75. The summed E-state index contributed by atoms with van der Waals surface area (Å²) < 4.78 is 10.9. The van der Waals surface area contributed by atoms with E-state index in [9.17, 15) is 4.79 Å². The lowest BCUT2D eigenvalue weighted by molar-refractivity contribution is 0.0341. The smallest absolute Gasteiger partial charge is 0.320 e. The fourth-order valence-electron chi connectivity index (χ4n) is 3.85. The third-order valence-corrected chi connectivity index (χ3v) is 5.35. The summed E-state index contributed by atoms with van der Waals surface area (Å²) in [5.74, 6) is 1.05. The molecule has 2 fully saturated rings. The molecule has 7 nitrogen and oxygen atoms in total. The van der Waals surface area contributed by atoms with Gasteiger partial charge in [-0.2, -0.15) is 4.98 Å². The number of hydrogen-bond donors (Lipinski definition) is 0. The fourth-order valence-corrected chi connectivity index (χ4v) is 3.85. The van der Waals surface area contributed by atoms with Gasteiger partial charge in [-0.1, -0.05) is 54.8 Å². The first-order chi connectivity index (χ1) is 13.3. The standard InChI is InChI=1S/C20H26N4O3/c25-20(23-11-13-26-14-12-23)24(17-9-5-2-6-10-17)15-18-21-19(22-27-18)16-7-3-1-4-8-16/h1,3-4,7-8,17H,2,5-6,9-15H2. The summed E-state index contributed by atoms with van der Waals surface area (Å²) in [5.41, 5.74) is 0.913. The lowest BCUT2D eigenvalue weighted by Crippen LogP contribution is -2.51. The number of hydrogen-bond acceptors (Lipinski definition) is 5. The van der Waals surface area contributed by atoms with Gasteiger partial charge >= 0.3 is 6.03 Å². The van der Waals surface area contributed by atoms with Gasteiger partial charge in [-0.25, -0.2) is 4.79 Å². The van der Waals surface area contributed by atoms with Gasteiger partial charge in [0.1, 0.15) is 6.54 Å². The zero-order valence-corrected chi connectivity index (χ0v) is 15.5. The van der Waals surface area contributed by atoms with Crippen molar-refractivity contribution in [1.29, 1.82) is 0 Å². The fraction of sp³-hybridized carbons (Fsp3) is 0.550. The van der Waals surface area contributed by atoms with Crippen LogP contribution in [-0.2, 0) is 11.3 Å². The summed E-state index contributed by atoms with van der Waals surface area (Å²) >= 11 is 0. The monoisotopic (exact) mass is 370 g/mol. The summed E-state index contributed by atoms with van der Waals surface area (Å²) in [4.78, 5) is 21.5. The van der Waals surface area contributed by atoms with Crippen molar-refractivity contribution in [3.63, 3.8) is 0 Å². The molecule has 7 heteroatoms. The van der Waals surface area contributed by atoms with E-state index in [0.29, 0.717) is 44.6 Å². The zero-order valence-electron chi connectivity index (χ0n) is 15.5.